The van der Waals surface area contributed by atoms with Crippen molar-refractivity contribution in [1.29, 1.82) is 5.26 Å². The van der Waals surface area contributed by atoms with Gasteiger partial charge in [0, 0.05) is 11.3 Å². The van der Waals surface area contributed by atoms with Crippen molar-refractivity contribution < 1.29 is 14.3 Å². The number of hydrogen-bond donors (Lipinski definition) is 2. The van der Waals surface area contributed by atoms with Crippen LogP contribution in [0, 0.1) is 11.3 Å². The number of nitrogens with one attached hydrogen (secondary N) is 1. The number of nitriles is 1. The lowest BCUT2D eigenvalue weighted by Crippen LogP contribution is -2.02. The fraction of sp³-hybridized carbons (Fsp3) is 0.100. The molecule has 3 rings (SSSR count). The van der Waals surface area contributed by atoms with E-state index in [1.165, 1.54) is 0 Å². The Morgan fingerprint density at radius 1 is 1.04 bits per heavy atom. The molecule has 0 saturated heterocycles. The third-order valence-electron chi connectivity index (χ3n) is 3.96. The van der Waals surface area contributed by atoms with Gasteiger partial charge in [0.2, 0.25) is 5.78 Å². The molecule has 0 atom stereocenters. The molecule has 0 aliphatic heterocycles. The Labute approximate surface area is 160 Å². The first kappa shape index (κ1) is 18.3. The summed E-state index contributed by atoms with van der Waals surface area (Å²) in [6.07, 6.45) is 0. The first-order chi connectivity index (χ1) is 13.1. The highest BCUT2D eigenvalue weighted by Crippen LogP contribution is 2.38. The van der Waals surface area contributed by atoms with Crippen LogP contribution in [0.1, 0.15) is 20.8 Å². The Hall–Kier alpha value is -3.50. The number of carbonyl (C=O) groups is 1. The van der Waals surface area contributed by atoms with Gasteiger partial charge >= 0.3 is 0 Å². The fourth-order valence-electron chi connectivity index (χ4n) is 2.49. The van der Waals surface area contributed by atoms with Crippen molar-refractivity contribution in [2.75, 3.05) is 25.3 Å². The van der Waals surface area contributed by atoms with Crippen LogP contribution in [-0.2, 0) is 0 Å². The van der Waals surface area contributed by atoms with Crippen molar-refractivity contribution in [1.82, 2.24) is 0 Å². The van der Waals surface area contributed by atoms with E-state index in [4.69, 9.17) is 15.2 Å². The van der Waals surface area contributed by atoms with E-state index >= 15 is 0 Å². The summed E-state index contributed by atoms with van der Waals surface area (Å²) >= 11 is 1.16. The molecule has 0 fully saturated rings. The highest BCUT2D eigenvalue weighted by Gasteiger charge is 2.22. The number of nitrogens with zero attached hydrogens (tertiary/aromatic N) is 1. The Kier molecular flexibility index (Phi) is 5.29. The van der Waals surface area contributed by atoms with Crippen LogP contribution in [0.15, 0.2) is 48.5 Å². The van der Waals surface area contributed by atoms with Crippen LogP contribution in [0.4, 0.5) is 16.4 Å². The molecule has 0 amide bonds. The first-order valence-electron chi connectivity index (χ1n) is 7.99. The summed E-state index contributed by atoms with van der Waals surface area (Å²) < 4.78 is 10.2. The van der Waals surface area contributed by atoms with Crippen LogP contribution in [0.3, 0.4) is 0 Å². The highest BCUT2D eigenvalue weighted by atomic mass is 32.1. The monoisotopic (exact) mass is 379 g/mol. The maximum Gasteiger partial charge on any atom is 0.205 e. The molecule has 3 aromatic rings. The number of carbonyl (C=O) groups excluding carboxylic acids is 1. The molecule has 0 saturated carbocycles. The molecule has 0 aliphatic rings. The van der Waals surface area contributed by atoms with E-state index in [1.807, 2.05) is 12.1 Å². The normalized spacial score (nSPS) is 10.1. The minimum absolute atomic E-state index is 0.180. The standard InChI is InChI=1S/C20H17N3O3S/c1-25-14-7-3-12(4-8-14)18(24)19-17(22)16(11-21)20(27-19)23-13-5-9-15(26-2)10-6-13/h3-10,23H,22H2,1-2H3. The lowest BCUT2D eigenvalue weighted by atomic mass is 10.1. The maximum atomic E-state index is 12.8. The van der Waals surface area contributed by atoms with Gasteiger partial charge < -0.3 is 20.5 Å². The molecule has 0 unspecified atom stereocenters. The third kappa shape index (κ3) is 3.71. The van der Waals surface area contributed by atoms with Crippen LogP contribution >= 0.6 is 11.3 Å². The minimum Gasteiger partial charge on any atom is -0.497 e. The zero-order valence-corrected chi connectivity index (χ0v) is 15.6. The average Bonchev–Trinajstić information content (AvgIpc) is 3.03. The molecule has 6 nitrogen and oxygen atoms in total. The highest BCUT2D eigenvalue weighted by molar-refractivity contribution is 7.19. The summed E-state index contributed by atoms with van der Waals surface area (Å²) in [6, 6.07) is 16.1. The Bertz CT molecular complexity index is 1000. The number of methoxy groups -OCH3 is 2. The van der Waals surface area contributed by atoms with Gasteiger partial charge in [0.1, 0.15) is 33.0 Å². The summed E-state index contributed by atoms with van der Waals surface area (Å²) in [5.74, 6) is 1.15. The quantitative estimate of drug-likeness (QED) is 0.623. The first-order valence-corrected chi connectivity index (χ1v) is 8.81. The van der Waals surface area contributed by atoms with E-state index in [9.17, 15) is 10.1 Å². The third-order valence-corrected chi connectivity index (χ3v) is 5.08. The molecular formula is C20H17N3O3S. The molecule has 0 radical (unpaired) electrons. The van der Waals surface area contributed by atoms with E-state index in [2.05, 4.69) is 11.4 Å². The van der Waals surface area contributed by atoms with Crippen LogP contribution in [0.25, 0.3) is 0 Å². The van der Waals surface area contributed by atoms with Gasteiger partial charge in [-0.25, -0.2) is 0 Å². The second kappa shape index (κ2) is 7.81. The van der Waals surface area contributed by atoms with Gasteiger partial charge in [-0.15, -0.1) is 11.3 Å². The number of nitrogen functional groups attached to an aromatic ring is 1. The SMILES string of the molecule is COc1ccc(Nc2sc(C(=O)c3ccc(OC)cc3)c(N)c2C#N)cc1. The lowest BCUT2D eigenvalue weighted by molar-refractivity contribution is 0.104. The van der Waals surface area contributed by atoms with Gasteiger partial charge in [-0.1, -0.05) is 0 Å². The Morgan fingerprint density at radius 2 is 1.59 bits per heavy atom. The van der Waals surface area contributed by atoms with Crippen LogP contribution in [0.5, 0.6) is 11.5 Å². The largest absolute Gasteiger partial charge is 0.497 e. The van der Waals surface area contributed by atoms with Crippen molar-refractivity contribution >= 4 is 33.5 Å². The predicted molar refractivity (Wildman–Crippen MR) is 106 cm³/mol. The molecule has 136 valence electrons. The number of nitrogens with two attached hydrogens (primary N) is 1. The zero-order chi connectivity index (χ0) is 19.4. The number of hydrogen-bond acceptors (Lipinski definition) is 7. The van der Waals surface area contributed by atoms with Crippen molar-refractivity contribution in [3.8, 4) is 17.6 Å². The average molecular weight is 379 g/mol. The topological polar surface area (TPSA) is 97.4 Å². The number of rotatable bonds is 6. The molecular weight excluding hydrogens is 362 g/mol. The smallest absolute Gasteiger partial charge is 0.205 e. The summed E-state index contributed by atoms with van der Waals surface area (Å²) in [5, 5.41) is 13.2. The van der Waals surface area contributed by atoms with Crippen molar-refractivity contribution in [3.05, 3.63) is 64.5 Å². The van der Waals surface area contributed by atoms with Gasteiger partial charge in [-0.05, 0) is 48.5 Å². The van der Waals surface area contributed by atoms with Crippen molar-refractivity contribution in [2.24, 2.45) is 0 Å². The summed E-state index contributed by atoms with van der Waals surface area (Å²) in [7, 11) is 3.15. The summed E-state index contributed by atoms with van der Waals surface area (Å²) in [4.78, 5) is 13.1. The predicted octanol–water partition coefficient (Wildman–Crippen LogP) is 4.19. The number of thiophene rings is 1. The molecule has 0 spiro atoms. The van der Waals surface area contributed by atoms with E-state index in [-0.39, 0.29) is 17.0 Å². The lowest BCUT2D eigenvalue weighted by Gasteiger charge is -2.05. The molecule has 27 heavy (non-hydrogen) atoms. The number of ether oxygens (including phenoxy) is 2. The fourth-order valence-corrected chi connectivity index (χ4v) is 3.54. The van der Waals surface area contributed by atoms with Gasteiger partial charge in [0.05, 0.1) is 19.9 Å². The molecule has 0 aliphatic carbocycles. The zero-order valence-electron chi connectivity index (χ0n) is 14.8. The molecule has 1 aromatic heterocycles. The molecule has 7 heteroatoms. The van der Waals surface area contributed by atoms with E-state index in [1.54, 1.807) is 50.6 Å². The molecule has 3 N–H and O–H groups in total. The molecule has 0 bridgehead atoms. The van der Waals surface area contributed by atoms with Gasteiger partial charge in [0.25, 0.3) is 0 Å². The van der Waals surface area contributed by atoms with Gasteiger partial charge in [-0.2, -0.15) is 5.26 Å². The Morgan fingerprint density at radius 3 is 2.11 bits per heavy atom. The summed E-state index contributed by atoms with van der Waals surface area (Å²) in [6.45, 7) is 0. The van der Waals surface area contributed by atoms with Crippen molar-refractivity contribution in [3.63, 3.8) is 0 Å². The van der Waals surface area contributed by atoms with Crippen LogP contribution < -0.4 is 20.5 Å². The van der Waals surface area contributed by atoms with Crippen LogP contribution in [0.2, 0.25) is 0 Å². The van der Waals surface area contributed by atoms with Crippen LogP contribution in [-0.4, -0.2) is 20.0 Å². The van der Waals surface area contributed by atoms with E-state index in [0.29, 0.717) is 21.2 Å². The number of anilines is 3. The minimum atomic E-state index is -0.237. The number of ketones is 1. The van der Waals surface area contributed by atoms with Gasteiger partial charge in [-0.3, -0.25) is 4.79 Å². The van der Waals surface area contributed by atoms with E-state index in [0.717, 1.165) is 22.8 Å². The second-order valence-electron chi connectivity index (χ2n) is 5.57. The van der Waals surface area contributed by atoms with E-state index < -0.39 is 0 Å². The second-order valence-corrected chi connectivity index (χ2v) is 6.59. The molecule has 1 heterocycles. The maximum absolute atomic E-state index is 12.8. The molecule has 2 aromatic carbocycles. The van der Waals surface area contributed by atoms with Gasteiger partial charge in [0.15, 0.2) is 0 Å². The number of benzene rings is 2. The summed E-state index contributed by atoms with van der Waals surface area (Å²) in [5.41, 5.74) is 7.76. The van der Waals surface area contributed by atoms with Crippen molar-refractivity contribution in [2.45, 2.75) is 0 Å². The Balaban J connectivity index is 1.92.